The van der Waals surface area contributed by atoms with Crippen molar-refractivity contribution in [3.05, 3.63) is 35.3 Å². The molecular formula is C14H23N3. The summed E-state index contributed by atoms with van der Waals surface area (Å²) in [4.78, 5) is 5.66. The Bertz CT molecular complexity index is 552. The third-order valence-electron chi connectivity index (χ3n) is 2.40. The second kappa shape index (κ2) is 6.28. The molecule has 0 fully saturated rings. The van der Waals surface area contributed by atoms with Gasteiger partial charge in [0.2, 0.25) is 0 Å². The van der Waals surface area contributed by atoms with Crippen LogP contribution in [0.5, 0.6) is 0 Å². The maximum absolute atomic E-state index is 7.69. The van der Waals surface area contributed by atoms with Crippen LogP contribution in [0.3, 0.4) is 0 Å². The summed E-state index contributed by atoms with van der Waals surface area (Å²) in [5, 5.41) is 2.87. The Labute approximate surface area is 113 Å². The Kier molecular flexibility index (Phi) is 2.60. The fraction of sp³-hybridized carbons (Fsp3) is 0.500. The number of hydrogen-bond acceptors (Lipinski definition) is 3. The van der Waals surface area contributed by atoms with Crippen LogP contribution in [0.1, 0.15) is 35.8 Å². The fourth-order valence-electron chi connectivity index (χ4n) is 1.58. The third-order valence-corrected chi connectivity index (χ3v) is 2.40. The molecule has 1 aliphatic rings. The lowest BCUT2D eigenvalue weighted by Crippen LogP contribution is -2.26. The molecule has 0 aliphatic carbocycles. The predicted molar refractivity (Wildman–Crippen MR) is 75.0 cm³/mol. The van der Waals surface area contributed by atoms with Gasteiger partial charge in [0, 0.05) is 34.1 Å². The molecule has 0 bridgehead atoms. The van der Waals surface area contributed by atoms with Crippen LogP contribution in [0, 0.1) is 0 Å². The van der Waals surface area contributed by atoms with Gasteiger partial charge in [0.05, 0.1) is 17.1 Å². The number of nitrogens with one attached hydrogen (secondary N) is 1. The standard InChI is InChI=1S/C14H23N3/c1-6-15-11(3)13-9-8-10-14(17(13)5)12(4)16-7-2/h8-10,15H,6-7H2,1-5H3/b13-11-,16-12?/i3D3,4D3. The summed E-state index contributed by atoms with van der Waals surface area (Å²) in [7, 11) is 1.64. The molecule has 0 radical (unpaired) electrons. The van der Waals surface area contributed by atoms with Crippen molar-refractivity contribution in [2.24, 2.45) is 4.99 Å². The topological polar surface area (TPSA) is 27.6 Å². The lowest BCUT2D eigenvalue weighted by Gasteiger charge is -2.28. The van der Waals surface area contributed by atoms with Crippen LogP contribution < -0.4 is 5.32 Å². The van der Waals surface area contributed by atoms with Gasteiger partial charge in [0.25, 0.3) is 0 Å². The van der Waals surface area contributed by atoms with Gasteiger partial charge in [0.1, 0.15) is 0 Å². The highest BCUT2D eigenvalue weighted by Gasteiger charge is 2.15. The molecule has 1 N–H and O–H groups in total. The van der Waals surface area contributed by atoms with Crippen molar-refractivity contribution in [1.29, 1.82) is 0 Å². The first kappa shape index (κ1) is 7.04. The van der Waals surface area contributed by atoms with E-state index in [1.807, 2.05) is 6.92 Å². The summed E-state index contributed by atoms with van der Waals surface area (Å²) in [5.74, 6) is 0. The van der Waals surface area contributed by atoms with E-state index in [0.29, 0.717) is 24.5 Å². The minimum atomic E-state index is -2.37. The van der Waals surface area contributed by atoms with Crippen LogP contribution in [0.2, 0.25) is 0 Å². The number of likely N-dealkylation sites (N-methyl/N-ethyl adjacent to an activating group) is 1. The van der Waals surface area contributed by atoms with E-state index in [0.717, 1.165) is 0 Å². The van der Waals surface area contributed by atoms with Gasteiger partial charge in [-0.1, -0.05) is 6.08 Å². The van der Waals surface area contributed by atoms with Gasteiger partial charge in [-0.05, 0) is 39.7 Å². The van der Waals surface area contributed by atoms with Crippen LogP contribution in [0.15, 0.2) is 40.3 Å². The summed E-state index contributed by atoms with van der Waals surface area (Å²) in [5.41, 5.74) is 0.859. The van der Waals surface area contributed by atoms with Crippen molar-refractivity contribution in [3.8, 4) is 0 Å². The molecule has 3 nitrogen and oxygen atoms in total. The number of allylic oxidation sites excluding steroid dienone is 5. The Morgan fingerprint density at radius 2 is 2.29 bits per heavy atom. The summed E-state index contributed by atoms with van der Waals surface area (Å²) in [6.45, 7) is -0.344. The second-order valence-corrected chi connectivity index (χ2v) is 3.58. The molecule has 1 rings (SSSR count). The number of aliphatic imine (C=N–C) groups is 1. The molecule has 1 heterocycles. The molecule has 94 valence electrons. The van der Waals surface area contributed by atoms with E-state index in [2.05, 4.69) is 10.3 Å². The van der Waals surface area contributed by atoms with Crippen molar-refractivity contribution in [1.82, 2.24) is 10.2 Å². The number of rotatable bonds is 4. The maximum Gasteiger partial charge on any atom is 0.0619 e. The van der Waals surface area contributed by atoms with E-state index in [1.54, 1.807) is 37.1 Å². The fourth-order valence-corrected chi connectivity index (χ4v) is 1.58. The summed E-state index contributed by atoms with van der Waals surface area (Å²) in [6, 6.07) is 0. The van der Waals surface area contributed by atoms with Gasteiger partial charge in [-0.2, -0.15) is 0 Å². The first-order chi connectivity index (χ1) is 10.5. The number of hydrogen-bond donors (Lipinski definition) is 1. The molecule has 3 heteroatoms. The summed E-state index contributed by atoms with van der Waals surface area (Å²) >= 11 is 0. The first-order valence-electron chi connectivity index (χ1n) is 8.70. The van der Waals surface area contributed by atoms with E-state index in [4.69, 9.17) is 8.22 Å². The van der Waals surface area contributed by atoms with E-state index in [-0.39, 0.29) is 11.4 Å². The van der Waals surface area contributed by atoms with Crippen LogP contribution in [0.25, 0.3) is 0 Å². The second-order valence-electron chi connectivity index (χ2n) is 3.58. The van der Waals surface area contributed by atoms with Crippen molar-refractivity contribution in [3.63, 3.8) is 0 Å². The molecule has 1 aliphatic heterocycles. The highest BCUT2D eigenvalue weighted by molar-refractivity contribution is 5.98. The summed E-state index contributed by atoms with van der Waals surface area (Å²) < 4.78 is 46.1. The minimum Gasteiger partial charge on any atom is -0.387 e. The maximum atomic E-state index is 7.69. The number of nitrogens with zero attached hydrogens (tertiary/aromatic N) is 2. The molecule has 0 amide bonds. The zero-order valence-electron chi connectivity index (χ0n) is 16.5. The van der Waals surface area contributed by atoms with Gasteiger partial charge in [-0.15, -0.1) is 0 Å². The average molecular weight is 239 g/mol. The van der Waals surface area contributed by atoms with Gasteiger partial charge in [-0.3, -0.25) is 4.99 Å². The molecule has 0 aromatic carbocycles. The van der Waals surface area contributed by atoms with E-state index >= 15 is 0 Å². The monoisotopic (exact) mass is 239 g/mol. The smallest absolute Gasteiger partial charge is 0.0619 e. The molecule has 0 spiro atoms. The van der Waals surface area contributed by atoms with Crippen LogP contribution in [-0.2, 0) is 0 Å². The van der Waals surface area contributed by atoms with Crippen LogP contribution >= 0.6 is 0 Å². The van der Waals surface area contributed by atoms with Crippen molar-refractivity contribution < 1.29 is 8.22 Å². The Morgan fingerprint density at radius 1 is 1.47 bits per heavy atom. The molecule has 0 saturated carbocycles. The van der Waals surface area contributed by atoms with E-state index in [9.17, 15) is 0 Å². The average Bonchev–Trinajstić information content (AvgIpc) is 2.41. The highest BCUT2D eigenvalue weighted by atomic mass is 15.1. The lowest BCUT2D eigenvalue weighted by atomic mass is 10.1. The van der Waals surface area contributed by atoms with Crippen LogP contribution in [0.4, 0.5) is 0 Å². The van der Waals surface area contributed by atoms with Gasteiger partial charge in [-0.25, -0.2) is 0 Å². The SMILES string of the molecule is [2H]C([2H])([2H])C(=NCC)C1=CC=C/C(=C(/NCC)C([2H])([2H])[2H])N1C. The zero-order chi connectivity index (χ0) is 17.8. The quantitative estimate of drug-likeness (QED) is 0.764. The normalized spacial score (nSPS) is 25.9. The van der Waals surface area contributed by atoms with Crippen molar-refractivity contribution in [2.75, 3.05) is 20.1 Å². The third kappa shape index (κ3) is 3.22. The molecule has 0 aromatic heterocycles. The van der Waals surface area contributed by atoms with Gasteiger partial charge < -0.3 is 10.2 Å². The summed E-state index contributed by atoms with van der Waals surface area (Å²) in [6.07, 6.45) is 4.93. The van der Waals surface area contributed by atoms with Crippen molar-refractivity contribution in [2.45, 2.75) is 27.6 Å². The Morgan fingerprint density at radius 3 is 2.88 bits per heavy atom. The zero-order valence-corrected chi connectivity index (χ0v) is 10.5. The molecular weight excluding hydrogens is 210 g/mol. The van der Waals surface area contributed by atoms with E-state index in [1.165, 1.54) is 0 Å². The van der Waals surface area contributed by atoms with Gasteiger partial charge >= 0.3 is 0 Å². The largest absolute Gasteiger partial charge is 0.387 e. The van der Waals surface area contributed by atoms with Crippen molar-refractivity contribution >= 4 is 5.71 Å². The highest BCUT2D eigenvalue weighted by Crippen LogP contribution is 2.20. The van der Waals surface area contributed by atoms with Gasteiger partial charge in [0.15, 0.2) is 0 Å². The lowest BCUT2D eigenvalue weighted by molar-refractivity contribution is 0.542. The molecule has 0 atom stereocenters. The minimum absolute atomic E-state index is 0.0225. The molecule has 0 saturated heterocycles. The molecule has 0 unspecified atom stereocenters. The first-order valence-corrected chi connectivity index (χ1v) is 5.70. The van der Waals surface area contributed by atoms with Crippen LogP contribution in [-0.4, -0.2) is 30.7 Å². The Hall–Kier alpha value is -1.51. The molecule has 0 aromatic rings. The molecule has 17 heavy (non-hydrogen) atoms. The Balaban J connectivity index is 3.41. The predicted octanol–water partition coefficient (Wildman–Crippen LogP) is 2.69. The van der Waals surface area contributed by atoms with E-state index < -0.39 is 13.7 Å².